The Hall–Kier alpha value is -7.69. The van der Waals surface area contributed by atoms with E-state index in [9.17, 15) is 34.6 Å². The lowest BCUT2D eigenvalue weighted by molar-refractivity contribution is -0.386. The Morgan fingerprint density at radius 3 is 1.55 bits per heavy atom. The molecule has 17 heteroatoms. The van der Waals surface area contributed by atoms with Crippen LogP contribution in [0.5, 0.6) is 34.5 Å². The van der Waals surface area contributed by atoms with Crippen LogP contribution in [0.2, 0.25) is 0 Å². The summed E-state index contributed by atoms with van der Waals surface area (Å²) in [5.41, 5.74) is -0.0653. The minimum absolute atomic E-state index is 0.0903. The first kappa shape index (κ1) is 35.7. The minimum Gasteiger partial charge on any atom is -0.489 e. The number of rotatable bonds is 14. The number of nitro benzene ring substituents is 2. The van der Waals surface area contributed by atoms with Gasteiger partial charge in [-0.1, -0.05) is 18.2 Å². The number of benzene rings is 5. The van der Waals surface area contributed by atoms with Gasteiger partial charge in [0.1, 0.15) is 47.7 Å². The summed E-state index contributed by atoms with van der Waals surface area (Å²) in [6.07, 6.45) is 0. The van der Waals surface area contributed by atoms with E-state index in [1.807, 2.05) is 0 Å². The van der Waals surface area contributed by atoms with Crippen molar-refractivity contribution in [2.24, 2.45) is 0 Å². The van der Waals surface area contributed by atoms with Crippen LogP contribution in [-0.4, -0.2) is 51.2 Å². The van der Waals surface area contributed by atoms with Crippen LogP contribution in [0.1, 0.15) is 38.2 Å². The van der Waals surface area contributed by atoms with Gasteiger partial charge in [-0.3, -0.25) is 20.2 Å². The zero-order valence-corrected chi connectivity index (χ0v) is 28.2. The van der Waals surface area contributed by atoms with Gasteiger partial charge in [0, 0.05) is 41.0 Å². The maximum absolute atomic E-state index is 13.3. The van der Waals surface area contributed by atoms with Gasteiger partial charge in [-0.25, -0.2) is 14.4 Å². The summed E-state index contributed by atoms with van der Waals surface area (Å²) in [4.78, 5) is 57.5. The molecule has 0 saturated carbocycles. The van der Waals surface area contributed by atoms with Crippen molar-refractivity contribution < 1.29 is 62.9 Å². The van der Waals surface area contributed by atoms with Crippen molar-refractivity contribution in [3.05, 3.63) is 151 Å². The summed E-state index contributed by atoms with van der Waals surface area (Å²) in [6.45, 7) is -1.93. The molecule has 0 aliphatic carbocycles. The number of carboxylic acid groups (broad SMARTS) is 2. The average Bonchev–Trinajstić information content (AvgIpc) is 3.46. The fraction of sp³-hybridized carbons (Fsp3) is 0.132. The lowest BCUT2D eigenvalue weighted by Crippen LogP contribution is -2.33. The van der Waals surface area contributed by atoms with E-state index in [1.54, 1.807) is 48.5 Å². The lowest BCUT2D eigenvalue weighted by Gasteiger charge is -2.36. The molecule has 0 aromatic heterocycles. The molecule has 5 aromatic rings. The number of hydrogen-bond acceptors (Lipinski definition) is 13. The lowest BCUT2D eigenvalue weighted by atomic mass is 9.77. The standard InChI is InChI=1S/C38H26N2O15/c41-35(42)19-52-23-7-11-31(39(46)47)21(13-23)17-50-25-5-9-29-33(15-25)54-34-16-26(6-10-30(34)38(29)28-4-2-1-3-27(28)37(45)55-38)51-18-22-14-24(53-20-36(43)44)8-12-32(22)40(48)49/h1-16H,17-20H2,(H,41,42)(H,43,44). The van der Waals surface area contributed by atoms with Crippen molar-refractivity contribution in [2.45, 2.75) is 18.8 Å². The number of ether oxygens (including phenoxy) is 6. The molecule has 7 rings (SSSR count). The summed E-state index contributed by atoms with van der Waals surface area (Å²) in [5.74, 6) is -2.01. The maximum atomic E-state index is 13.3. The third-order valence-electron chi connectivity index (χ3n) is 8.67. The molecule has 0 radical (unpaired) electrons. The molecule has 0 bridgehead atoms. The Bertz CT molecular complexity index is 2280. The van der Waals surface area contributed by atoms with Crippen LogP contribution in [0.25, 0.3) is 0 Å². The SMILES string of the molecule is O=C(O)COc1ccc([N+](=O)[O-])c(COc2ccc3c(c2)Oc2cc(OCc4cc(OCC(=O)O)ccc4[N+](=O)[O-])ccc2C32OC(=O)c3ccccc32)c1. The van der Waals surface area contributed by atoms with E-state index in [4.69, 9.17) is 38.6 Å². The Labute approximate surface area is 309 Å². The van der Waals surface area contributed by atoms with Gasteiger partial charge in [0.2, 0.25) is 0 Å². The molecule has 278 valence electrons. The number of carbonyl (C=O) groups is 3. The van der Waals surface area contributed by atoms with Crippen LogP contribution in [0.3, 0.4) is 0 Å². The molecule has 2 aliphatic rings. The highest BCUT2D eigenvalue weighted by Gasteiger charge is 2.53. The molecule has 17 nitrogen and oxygen atoms in total. The van der Waals surface area contributed by atoms with Crippen molar-refractivity contribution in [3.8, 4) is 34.5 Å². The first-order valence-electron chi connectivity index (χ1n) is 16.2. The number of nitrogens with zero attached hydrogens (tertiary/aromatic N) is 2. The third kappa shape index (κ3) is 6.96. The molecule has 0 amide bonds. The number of esters is 1. The zero-order valence-electron chi connectivity index (χ0n) is 28.2. The topological polar surface area (TPSA) is 233 Å². The van der Waals surface area contributed by atoms with Crippen molar-refractivity contribution in [2.75, 3.05) is 13.2 Å². The molecule has 1 spiro atoms. The second kappa shape index (κ2) is 14.4. The van der Waals surface area contributed by atoms with Gasteiger partial charge in [0.15, 0.2) is 18.8 Å². The van der Waals surface area contributed by atoms with E-state index < -0.39 is 46.6 Å². The first-order chi connectivity index (χ1) is 26.4. The van der Waals surface area contributed by atoms with Gasteiger partial charge in [-0.2, -0.15) is 0 Å². The van der Waals surface area contributed by atoms with E-state index in [0.717, 1.165) is 0 Å². The van der Waals surface area contributed by atoms with E-state index in [1.165, 1.54) is 48.5 Å². The van der Waals surface area contributed by atoms with Crippen molar-refractivity contribution >= 4 is 29.3 Å². The molecule has 0 saturated heterocycles. The molecular weight excluding hydrogens is 724 g/mol. The van der Waals surface area contributed by atoms with Crippen LogP contribution >= 0.6 is 0 Å². The van der Waals surface area contributed by atoms with Crippen LogP contribution in [0.4, 0.5) is 11.4 Å². The highest BCUT2D eigenvalue weighted by Crippen LogP contribution is 2.57. The first-order valence-corrected chi connectivity index (χ1v) is 16.2. The summed E-state index contributed by atoms with van der Waals surface area (Å²) < 4.78 is 34.8. The number of carbonyl (C=O) groups excluding carboxylic acids is 1. The normalized spacial score (nSPS) is 13.0. The Kier molecular flexibility index (Phi) is 9.33. The molecule has 2 heterocycles. The summed E-state index contributed by atoms with van der Waals surface area (Å²) in [7, 11) is 0. The van der Waals surface area contributed by atoms with Crippen molar-refractivity contribution in [3.63, 3.8) is 0 Å². The molecule has 55 heavy (non-hydrogen) atoms. The van der Waals surface area contributed by atoms with Gasteiger partial charge in [0.25, 0.3) is 11.4 Å². The highest BCUT2D eigenvalue weighted by molar-refractivity contribution is 5.97. The van der Waals surface area contributed by atoms with Gasteiger partial charge in [-0.05, 0) is 54.6 Å². The number of carboxylic acids is 2. The smallest absolute Gasteiger partial charge is 0.341 e. The molecule has 0 fully saturated rings. The van der Waals surface area contributed by atoms with E-state index in [2.05, 4.69) is 0 Å². The number of aliphatic carboxylic acids is 2. The second-order valence-electron chi connectivity index (χ2n) is 12.1. The Balaban J connectivity index is 1.22. The molecule has 0 atom stereocenters. The van der Waals surface area contributed by atoms with Crippen LogP contribution in [0, 0.1) is 20.2 Å². The molecule has 0 unspecified atom stereocenters. The second-order valence-corrected chi connectivity index (χ2v) is 12.1. The Morgan fingerprint density at radius 1 is 0.618 bits per heavy atom. The summed E-state index contributed by atoms with van der Waals surface area (Å²) >= 11 is 0. The molecule has 5 aromatic carbocycles. The van der Waals surface area contributed by atoms with Gasteiger partial charge < -0.3 is 38.6 Å². The molecule has 2 N–H and O–H groups in total. The van der Waals surface area contributed by atoms with Crippen LogP contribution < -0.4 is 23.7 Å². The Morgan fingerprint density at radius 2 is 1.07 bits per heavy atom. The maximum Gasteiger partial charge on any atom is 0.341 e. The van der Waals surface area contributed by atoms with E-state index >= 15 is 0 Å². The molecule has 2 aliphatic heterocycles. The highest BCUT2D eigenvalue weighted by atomic mass is 16.6. The fourth-order valence-corrected chi connectivity index (χ4v) is 6.32. The van der Waals surface area contributed by atoms with E-state index in [-0.39, 0.29) is 70.2 Å². The number of hydrogen-bond donors (Lipinski definition) is 2. The van der Waals surface area contributed by atoms with Crippen LogP contribution in [-0.2, 0) is 33.1 Å². The molecular formula is C38H26N2O15. The van der Waals surface area contributed by atoms with Gasteiger partial charge >= 0.3 is 17.9 Å². The van der Waals surface area contributed by atoms with E-state index in [0.29, 0.717) is 22.3 Å². The summed E-state index contributed by atoms with van der Waals surface area (Å²) in [5, 5.41) is 41.4. The summed E-state index contributed by atoms with van der Waals surface area (Å²) in [6, 6.07) is 23.9. The predicted molar refractivity (Wildman–Crippen MR) is 186 cm³/mol. The number of nitro groups is 2. The predicted octanol–water partition coefficient (Wildman–Crippen LogP) is 6.16. The largest absolute Gasteiger partial charge is 0.489 e. The van der Waals surface area contributed by atoms with Crippen LogP contribution in [0.15, 0.2) is 97.1 Å². The number of fused-ring (bicyclic) bond motifs is 6. The minimum atomic E-state index is -1.48. The van der Waals surface area contributed by atoms with Gasteiger partial charge in [0.05, 0.1) is 26.5 Å². The third-order valence-corrected chi connectivity index (χ3v) is 8.67. The zero-order chi connectivity index (χ0) is 38.9. The quantitative estimate of drug-likeness (QED) is 0.0735. The van der Waals surface area contributed by atoms with Crippen molar-refractivity contribution in [1.29, 1.82) is 0 Å². The fourth-order valence-electron chi connectivity index (χ4n) is 6.32. The van der Waals surface area contributed by atoms with Crippen molar-refractivity contribution in [1.82, 2.24) is 0 Å². The van der Waals surface area contributed by atoms with Gasteiger partial charge in [-0.15, -0.1) is 0 Å². The average molecular weight is 751 g/mol. The monoisotopic (exact) mass is 750 g/mol.